The van der Waals surface area contributed by atoms with Crippen LogP contribution < -0.4 is 5.32 Å². The Morgan fingerprint density at radius 1 is 1.30 bits per heavy atom. The number of unbranched alkanes of at least 4 members (excludes halogenated alkanes) is 2. The molecule has 0 radical (unpaired) electrons. The van der Waals surface area contributed by atoms with E-state index in [1.54, 1.807) is 4.52 Å². The predicted octanol–water partition coefficient (Wildman–Crippen LogP) is 4.51. The Morgan fingerprint density at radius 3 is 2.85 bits per heavy atom. The quantitative estimate of drug-likeness (QED) is 0.755. The molecule has 2 heterocycles. The zero-order chi connectivity index (χ0) is 14.6. The van der Waals surface area contributed by atoms with Crippen LogP contribution in [0.1, 0.15) is 46.5 Å². The molecule has 0 bridgehead atoms. The molecule has 0 saturated carbocycles. The maximum Gasteiger partial charge on any atom is 0.243 e. The minimum Gasteiger partial charge on any atom is -0.352 e. The van der Waals surface area contributed by atoms with E-state index in [1.165, 1.54) is 25.7 Å². The molecule has 0 aromatic carbocycles. The summed E-state index contributed by atoms with van der Waals surface area (Å²) in [4.78, 5) is 4.47. The largest absolute Gasteiger partial charge is 0.352 e. The van der Waals surface area contributed by atoms with Crippen molar-refractivity contribution in [3.63, 3.8) is 0 Å². The lowest BCUT2D eigenvalue weighted by atomic mass is 9.87. The minimum atomic E-state index is 0.271. The second-order valence-electron chi connectivity index (χ2n) is 6.06. The van der Waals surface area contributed by atoms with Crippen LogP contribution >= 0.6 is 15.9 Å². The number of fused-ring (bicyclic) bond motifs is 1. The smallest absolute Gasteiger partial charge is 0.243 e. The lowest BCUT2D eigenvalue weighted by Crippen LogP contribution is -2.23. The molecule has 0 fully saturated rings. The summed E-state index contributed by atoms with van der Waals surface area (Å²) in [6, 6.07) is 3.93. The molecule has 1 N–H and O–H groups in total. The fraction of sp³-hybridized carbons (Fsp3) is 0.600. The molecule has 2 rings (SSSR count). The van der Waals surface area contributed by atoms with Crippen molar-refractivity contribution in [3.8, 4) is 0 Å². The molecule has 0 saturated heterocycles. The Balaban J connectivity index is 1.94. The highest BCUT2D eigenvalue weighted by atomic mass is 79.9. The molecule has 5 heteroatoms. The van der Waals surface area contributed by atoms with Gasteiger partial charge < -0.3 is 5.32 Å². The number of aromatic nitrogens is 3. The van der Waals surface area contributed by atoms with Crippen LogP contribution in [0.2, 0.25) is 0 Å². The third kappa shape index (κ3) is 4.20. The van der Waals surface area contributed by atoms with Crippen LogP contribution in [0, 0.1) is 5.41 Å². The van der Waals surface area contributed by atoms with Crippen molar-refractivity contribution in [3.05, 3.63) is 22.8 Å². The number of hydrogen-bond donors (Lipinski definition) is 1. The summed E-state index contributed by atoms with van der Waals surface area (Å²) in [5.41, 5.74) is 1.13. The first-order chi connectivity index (χ1) is 9.50. The van der Waals surface area contributed by atoms with E-state index in [0.29, 0.717) is 5.95 Å². The van der Waals surface area contributed by atoms with Gasteiger partial charge in [0.1, 0.15) is 0 Å². The first kappa shape index (κ1) is 15.3. The van der Waals surface area contributed by atoms with Gasteiger partial charge in [0.25, 0.3) is 0 Å². The van der Waals surface area contributed by atoms with Crippen molar-refractivity contribution >= 4 is 27.5 Å². The van der Waals surface area contributed by atoms with E-state index in [-0.39, 0.29) is 5.41 Å². The fourth-order valence-corrected chi connectivity index (χ4v) is 2.52. The fourth-order valence-electron chi connectivity index (χ4n) is 2.19. The van der Waals surface area contributed by atoms with E-state index in [9.17, 15) is 0 Å². The minimum absolute atomic E-state index is 0.271. The number of hydrogen-bond acceptors (Lipinski definition) is 3. The summed E-state index contributed by atoms with van der Waals surface area (Å²) in [6.07, 6.45) is 7.01. The zero-order valence-corrected chi connectivity index (χ0v) is 14.1. The SMILES string of the molecule is CCCCCC(C)(C)CNc1nc2ccc(Br)cn2n1. The van der Waals surface area contributed by atoms with Crippen molar-refractivity contribution in [1.29, 1.82) is 0 Å². The molecule has 110 valence electrons. The van der Waals surface area contributed by atoms with E-state index in [0.717, 1.165) is 16.7 Å². The van der Waals surface area contributed by atoms with E-state index >= 15 is 0 Å². The second kappa shape index (κ2) is 6.57. The first-order valence-electron chi connectivity index (χ1n) is 7.26. The number of nitrogens with one attached hydrogen (secondary N) is 1. The van der Waals surface area contributed by atoms with Crippen LogP contribution in [0.5, 0.6) is 0 Å². The average molecular weight is 339 g/mol. The molecular weight excluding hydrogens is 316 g/mol. The van der Waals surface area contributed by atoms with Crippen LogP contribution in [0.3, 0.4) is 0 Å². The number of halogens is 1. The molecule has 2 aromatic heterocycles. The Labute approximate surface area is 129 Å². The van der Waals surface area contributed by atoms with Crippen LogP contribution in [-0.4, -0.2) is 21.1 Å². The van der Waals surface area contributed by atoms with Gasteiger partial charge in [-0.05, 0) is 39.9 Å². The maximum atomic E-state index is 4.47. The highest BCUT2D eigenvalue weighted by Gasteiger charge is 2.17. The lowest BCUT2D eigenvalue weighted by Gasteiger charge is -2.24. The second-order valence-corrected chi connectivity index (χ2v) is 6.98. The number of anilines is 1. The maximum absolute atomic E-state index is 4.47. The van der Waals surface area contributed by atoms with Gasteiger partial charge in [0, 0.05) is 17.2 Å². The highest BCUT2D eigenvalue weighted by molar-refractivity contribution is 9.10. The van der Waals surface area contributed by atoms with E-state index in [1.807, 2.05) is 18.3 Å². The summed E-state index contributed by atoms with van der Waals surface area (Å²) in [7, 11) is 0. The highest BCUT2D eigenvalue weighted by Crippen LogP contribution is 2.24. The standard InChI is InChI=1S/C15H23BrN4/c1-4-5-6-9-15(2,3)11-17-14-18-13-8-7-12(16)10-20(13)19-14/h7-8,10H,4-6,9,11H2,1-3H3,(H,17,19). The van der Waals surface area contributed by atoms with Crippen molar-refractivity contribution < 1.29 is 0 Å². The summed E-state index contributed by atoms with van der Waals surface area (Å²) >= 11 is 3.44. The van der Waals surface area contributed by atoms with Gasteiger partial charge in [-0.15, -0.1) is 5.10 Å². The van der Waals surface area contributed by atoms with Crippen LogP contribution in [-0.2, 0) is 0 Å². The number of pyridine rings is 1. The molecule has 0 aliphatic rings. The van der Waals surface area contributed by atoms with Gasteiger partial charge in [-0.25, -0.2) is 4.52 Å². The zero-order valence-electron chi connectivity index (χ0n) is 12.5. The first-order valence-corrected chi connectivity index (χ1v) is 8.05. The monoisotopic (exact) mass is 338 g/mol. The molecule has 0 amide bonds. The summed E-state index contributed by atoms with van der Waals surface area (Å²) in [6.45, 7) is 7.73. The normalized spacial score (nSPS) is 12.0. The number of rotatable bonds is 7. The summed E-state index contributed by atoms with van der Waals surface area (Å²) in [5, 5.41) is 7.80. The van der Waals surface area contributed by atoms with E-state index < -0.39 is 0 Å². The molecule has 2 aromatic rings. The molecule has 20 heavy (non-hydrogen) atoms. The van der Waals surface area contributed by atoms with Gasteiger partial charge in [-0.3, -0.25) is 0 Å². The average Bonchev–Trinajstić information content (AvgIpc) is 2.79. The van der Waals surface area contributed by atoms with Gasteiger partial charge in [0.15, 0.2) is 5.65 Å². The Kier molecular flexibility index (Phi) is 5.02. The van der Waals surface area contributed by atoms with Gasteiger partial charge >= 0.3 is 0 Å². The number of nitrogens with zero attached hydrogens (tertiary/aromatic N) is 3. The summed E-state index contributed by atoms with van der Waals surface area (Å²) in [5.74, 6) is 0.701. The molecule has 0 atom stereocenters. The Bertz CT molecular complexity index is 562. The van der Waals surface area contributed by atoms with Gasteiger partial charge in [0.05, 0.1) is 0 Å². The third-order valence-corrected chi connectivity index (χ3v) is 3.95. The van der Waals surface area contributed by atoms with Crippen molar-refractivity contribution in [1.82, 2.24) is 14.6 Å². The Morgan fingerprint density at radius 2 is 2.10 bits per heavy atom. The molecular formula is C15H23BrN4. The molecule has 0 unspecified atom stereocenters. The molecule has 0 aliphatic heterocycles. The van der Waals surface area contributed by atoms with Crippen LogP contribution in [0.4, 0.5) is 5.95 Å². The van der Waals surface area contributed by atoms with Crippen LogP contribution in [0.25, 0.3) is 5.65 Å². The van der Waals surface area contributed by atoms with E-state index in [2.05, 4.69) is 52.1 Å². The third-order valence-electron chi connectivity index (χ3n) is 3.48. The Hall–Kier alpha value is -1.10. The van der Waals surface area contributed by atoms with Crippen molar-refractivity contribution in [2.75, 3.05) is 11.9 Å². The predicted molar refractivity (Wildman–Crippen MR) is 87.1 cm³/mol. The topological polar surface area (TPSA) is 42.2 Å². The van der Waals surface area contributed by atoms with Crippen molar-refractivity contribution in [2.45, 2.75) is 46.5 Å². The van der Waals surface area contributed by atoms with E-state index in [4.69, 9.17) is 0 Å². The van der Waals surface area contributed by atoms with Crippen LogP contribution in [0.15, 0.2) is 22.8 Å². The van der Waals surface area contributed by atoms with Gasteiger partial charge in [-0.1, -0.05) is 40.0 Å². The molecule has 0 aliphatic carbocycles. The molecule has 0 spiro atoms. The lowest BCUT2D eigenvalue weighted by molar-refractivity contribution is 0.342. The molecule has 4 nitrogen and oxygen atoms in total. The van der Waals surface area contributed by atoms with Gasteiger partial charge in [0.2, 0.25) is 5.95 Å². The van der Waals surface area contributed by atoms with Gasteiger partial charge in [-0.2, -0.15) is 4.98 Å². The van der Waals surface area contributed by atoms with Crippen molar-refractivity contribution in [2.24, 2.45) is 5.41 Å². The summed E-state index contributed by atoms with van der Waals surface area (Å²) < 4.78 is 2.79.